The number of nitrogens with one attached hydrogen (secondary N) is 1. The summed E-state index contributed by atoms with van der Waals surface area (Å²) in [5.41, 5.74) is 2.42. The number of esters is 2. The third kappa shape index (κ3) is 6.85. The molecule has 3 rings (SSSR count). The first-order valence-electron chi connectivity index (χ1n) is 12.1. The number of benzene rings is 1. The molecule has 0 radical (unpaired) electrons. The van der Waals surface area contributed by atoms with Crippen LogP contribution >= 0.6 is 11.6 Å². The molecule has 192 valence electrons. The summed E-state index contributed by atoms with van der Waals surface area (Å²) >= 11 is 6.53. The average molecular weight is 506 g/mol. The number of likely N-dealkylation sites (N-methyl/N-ethyl adjacent to an activating group) is 1. The van der Waals surface area contributed by atoms with E-state index in [1.54, 1.807) is 26.0 Å². The molecule has 0 spiro atoms. The number of hydrogen-bond donors (Lipinski definition) is 1. The third-order valence-electron chi connectivity index (χ3n) is 6.37. The first-order chi connectivity index (χ1) is 16.9. The second kappa shape index (κ2) is 13.1. The van der Waals surface area contributed by atoms with Gasteiger partial charge in [-0.3, -0.25) is 0 Å². The predicted octanol–water partition coefficient (Wildman–Crippen LogP) is 2.95. The number of ether oxygens (including phenoxy) is 3. The number of carbonyl (C=O) groups excluding carboxylic acids is 2. The van der Waals surface area contributed by atoms with E-state index in [9.17, 15) is 9.59 Å². The molecule has 0 saturated carbocycles. The van der Waals surface area contributed by atoms with Crippen LogP contribution < -0.4 is 5.32 Å². The van der Waals surface area contributed by atoms with Gasteiger partial charge in [0.05, 0.1) is 43.1 Å². The monoisotopic (exact) mass is 505 g/mol. The Bertz CT molecular complexity index is 969. The normalized spacial score (nSPS) is 19.5. The van der Waals surface area contributed by atoms with Crippen LogP contribution in [0.1, 0.15) is 31.7 Å². The van der Waals surface area contributed by atoms with Crippen LogP contribution in [0.5, 0.6) is 0 Å². The smallest absolute Gasteiger partial charge is 0.336 e. The Morgan fingerprint density at radius 3 is 2.49 bits per heavy atom. The summed E-state index contributed by atoms with van der Waals surface area (Å²) in [7, 11) is 3.46. The molecule has 0 bridgehead atoms. The molecule has 1 unspecified atom stereocenters. The number of halogens is 1. The predicted molar refractivity (Wildman–Crippen MR) is 135 cm³/mol. The highest BCUT2D eigenvalue weighted by molar-refractivity contribution is 6.31. The van der Waals surface area contributed by atoms with E-state index in [0.29, 0.717) is 39.7 Å². The molecule has 0 amide bonds. The van der Waals surface area contributed by atoms with E-state index in [0.717, 1.165) is 39.1 Å². The molecular formula is C26H36ClN3O5. The number of dihydropyridines is 1. The Morgan fingerprint density at radius 1 is 1.11 bits per heavy atom. The molecule has 0 aliphatic carbocycles. The SMILES string of the molecule is CCOC(=O)C1=C(COCCCN2CCN(C)CC2)NC(C)=C(C(=O)OC)C1c1ccccc1Cl. The molecule has 1 aromatic carbocycles. The summed E-state index contributed by atoms with van der Waals surface area (Å²) < 4.78 is 16.4. The van der Waals surface area contributed by atoms with Gasteiger partial charge in [0.1, 0.15) is 0 Å². The third-order valence-corrected chi connectivity index (χ3v) is 6.71. The quantitative estimate of drug-likeness (QED) is 0.384. The van der Waals surface area contributed by atoms with Crippen LogP contribution in [0, 0.1) is 0 Å². The van der Waals surface area contributed by atoms with E-state index < -0.39 is 17.9 Å². The Hall–Kier alpha value is -2.39. The van der Waals surface area contributed by atoms with Gasteiger partial charge in [-0.05, 0) is 38.9 Å². The fraction of sp³-hybridized carbons (Fsp3) is 0.538. The molecule has 1 N–H and O–H groups in total. The van der Waals surface area contributed by atoms with Gasteiger partial charge in [-0.2, -0.15) is 0 Å². The van der Waals surface area contributed by atoms with E-state index in [-0.39, 0.29) is 13.2 Å². The van der Waals surface area contributed by atoms with E-state index >= 15 is 0 Å². The van der Waals surface area contributed by atoms with Gasteiger partial charge in [0.2, 0.25) is 0 Å². The maximum absolute atomic E-state index is 13.2. The molecule has 1 fully saturated rings. The molecule has 1 aromatic rings. The lowest BCUT2D eigenvalue weighted by atomic mass is 9.80. The highest BCUT2D eigenvalue weighted by atomic mass is 35.5. The van der Waals surface area contributed by atoms with Crippen molar-refractivity contribution in [2.75, 3.05) is 66.7 Å². The number of methoxy groups -OCH3 is 1. The molecule has 1 saturated heterocycles. The summed E-state index contributed by atoms with van der Waals surface area (Å²) in [5.74, 6) is -1.79. The minimum absolute atomic E-state index is 0.184. The fourth-order valence-corrected chi connectivity index (χ4v) is 4.74. The van der Waals surface area contributed by atoms with Gasteiger partial charge in [-0.15, -0.1) is 0 Å². The topological polar surface area (TPSA) is 80.3 Å². The number of hydrogen-bond acceptors (Lipinski definition) is 8. The Kier molecular flexibility index (Phi) is 10.2. The maximum atomic E-state index is 13.2. The Morgan fingerprint density at radius 2 is 1.83 bits per heavy atom. The molecule has 9 heteroatoms. The second-order valence-electron chi connectivity index (χ2n) is 8.77. The minimum atomic E-state index is -0.736. The lowest BCUT2D eigenvalue weighted by Gasteiger charge is -2.32. The molecule has 8 nitrogen and oxygen atoms in total. The number of allylic oxidation sites excluding steroid dienone is 1. The molecule has 2 aliphatic rings. The standard InChI is InChI=1S/C26H36ClN3O5/c1-5-35-26(32)24-21(17-34-16-8-11-30-14-12-29(3)13-15-30)28-18(2)22(25(31)33-4)23(24)19-9-6-7-10-20(19)27/h6-7,9-10,23,28H,5,8,11-17H2,1-4H3. The van der Waals surface area contributed by atoms with Gasteiger partial charge in [0.15, 0.2) is 0 Å². The Labute approximate surface area is 212 Å². The van der Waals surface area contributed by atoms with Crippen LogP contribution in [0.15, 0.2) is 46.8 Å². The summed E-state index contributed by atoms with van der Waals surface area (Å²) in [5, 5.41) is 3.66. The van der Waals surface area contributed by atoms with Crippen LogP contribution in [0.3, 0.4) is 0 Å². The van der Waals surface area contributed by atoms with Crippen molar-refractivity contribution in [2.24, 2.45) is 0 Å². The second-order valence-corrected chi connectivity index (χ2v) is 9.18. The summed E-state index contributed by atoms with van der Waals surface area (Å²) in [6.45, 7) is 9.73. The minimum Gasteiger partial charge on any atom is -0.466 e. The summed E-state index contributed by atoms with van der Waals surface area (Å²) in [4.78, 5) is 30.8. The first-order valence-corrected chi connectivity index (χ1v) is 12.4. The average Bonchev–Trinajstić information content (AvgIpc) is 2.84. The van der Waals surface area contributed by atoms with Crippen LogP contribution in [0.4, 0.5) is 0 Å². The molecule has 0 aromatic heterocycles. The van der Waals surface area contributed by atoms with Gasteiger partial charge in [-0.25, -0.2) is 9.59 Å². The number of carbonyl (C=O) groups is 2. The van der Waals surface area contributed by atoms with Gasteiger partial charge in [0.25, 0.3) is 0 Å². The molecule has 1 atom stereocenters. The van der Waals surface area contributed by atoms with Crippen LogP contribution in [0.25, 0.3) is 0 Å². The molecular weight excluding hydrogens is 470 g/mol. The zero-order valence-electron chi connectivity index (χ0n) is 21.1. The van der Waals surface area contributed by atoms with Crippen molar-refractivity contribution in [2.45, 2.75) is 26.2 Å². The number of piperazine rings is 1. The maximum Gasteiger partial charge on any atom is 0.336 e. The highest BCUT2D eigenvalue weighted by Crippen LogP contribution is 2.41. The van der Waals surface area contributed by atoms with Crippen molar-refractivity contribution in [3.8, 4) is 0 Å². The van der Waals surface area contributed by atoms with Crippen molar-refractivity contribution >= 4 is 23.5 Å². The summed E-state index contributed by atoms with van der Waals surface area (Å²) in [6, 6.07) is 7.17. The van der Waals surface area contributed by atoms with Crippen LogP contribution in [-0.2, 0) is 23.8 Å². The van der Waals surface area contributed by atoms with E-state index in [2.05, 4.69) is 22.2 Å². The lowest BCUT2D eigenvalue weighted by molar-refractivity contribution is -0.139. The zero-order valence-corrected chi connectivity index (χ0v) is 21.8. The zero-order chi connectivity index (χ0) is 25.4. The van der Waals surface area contributed by atoms with E-state index in [1.807, 2.05) is 12.1 Å². The van der Waals surface area contributed by atoms with Gasteiger partial charge in [-0.1, -0.05) is 29.8 Å². The molecule has 35 heavy (non-hydrogen) atoms. The largest absolute Gasteiger partial charge is 0.466 e. The van der Waals surface area contributed by atoms with Gasteiger partial charge >= 0.3 is 11.9 Å². The highest BCUT2D eigenvalue weighted by Gasteiger charge is 2.39. The van der Waals surface area contributed by atoms with E-state index in [4.69, 9.17) is 25.8 Å². The van der Waals surface area contributed by atoms with Crippen molar-refractivity contribution in [1.29, 1.82) is 0 Å². The molecule has 2 aliphatic heterocycles. The fourth-order valence-electron chi connectivity index (χ4n) is 4.50. The van der Waals surface area contributed by atoms with Gasteiger partial charge < -0.3 is 29.3 Å². The van der Waals surface area contributed by atoms with Crippen molar-refractivity contribution in [1.82, 2.24) is 15.1 Å². The molecule has 2 heterocycles. The lowest BCUT2D eigenvalue weighted by Crippen LogP contribution is -2.44. The number of rotatable bonds is 10. The van der Waals surface area contributed by atoms with Crippen molar-refractivity contribution in [3.05, 3.63) is 57.4 Å². The van der Waals surface area contributed by atoms with Crippen molar-refractivity contribution < 1.29 is 23.8 Å². The Balaban J connectivity index is 1.82. The summed E-state index contributed by atoms with van der Waals surface area (Å²) in [6.07, 6.45) is 0.891. The van der Waals surface area contributed by atoms with Crippen LogP contribution in [-0.4, -0.2) is 88.4 Å². The van der Waals surface area contributed by atoms with Crippen molar-refractivity contribution in [3.63, 3.8) is 0 Å². The first kappa shape index (κ1) is 27.2. The van der Waals surface area contributed by atoms with Gasteiger partial charge in [0, 0.05) is 50.1 Å². The van der Waals surface area contributed by atoms with Crippen LogP contribution in [0.2, 0.25) is 5.02 Å². The number of nitrogens with zero attached hydrogens (tertiary/aromatic N) is 2. The van der Waals surface area contributed by atoms with E-state index in [1.165, 1.54) is 7.11 Å².